The second kappa shape index (κ2) is 25.8. The molecule has 36 heavy (non-hydrogen) atoms. The molecule has 3 atom stereocenters. The molecular formula is C24H44O6S6. The fraction of sp³-hybridized carbons (Fsp3) is 0.875. The Morgan fingerprint density at radius 1 is 0.583 bits per heavy atom. The van der Waals surface area contributed by atoms with Crippen LogP contribution in [0.2, 0.25) is 0 Å². The summed E-state index contributed by atoms with van der Waals surface area (Å²) in [6, 6.07) is 0. The number of unbranched alkanes of at least 4 members (excludes halogenated alkanes) is 3. The number of rotatable bonds is 27. The lowest BCUT2D eigenvalue weighted by Crippen LogP contribution is -2.08. The summed E-state index contributed by atoms with van der Waals surface area (Å²) in [6.45, 7) is 0. The Labute approximate surface area is 244 Å². The van der Waals surface area contributed by atoms with E-state index in [1.54, 1.807) is 0 Å². The molecule has 0 aliphatic carbocycles. The Bertz CT molecular complexity index is 583. The van der Waals surface area contributed by atoms with Crippen molar-refractivity contribution in [3.63, 3.8) is 0 Å². The molecule has 0 aromatic carbocycles. The molecule has 0 heterocycles. The van der Waals surface area contributed by atoms with Gasteiger partial charge in [-0.3, -0.25) is 14.4 Å². The third kappa shape index (κ3) is 26.1. The molecule has 3 unspecified atom stereocenters. The number of carbonyl (C=O) groups is 3. The zero-order valence-corrected chi connectivity index (χ0v) is 26.1. The standard InChI is InChI=1S/C24H44O6S6/c25-22(26)10-4-1-7-19(32)14-17-33-34-18-15-21(9-3-6-12-24(29)30)36-35-20(13-16-31)8-2-5-11-23(27)28/h19-21,31-32H,1-18H2,(H,25,26)(H,27,28)(H,29,30). The van der Waals surface area contributed by atoms with Gasteiger partial charge in [0.15, 0.2) is 0 Å². The van der Waals surface area contributed by atoms with E-state index in [2.05, 4.69) is 25.3 Å². The molecule has 0 radical (unpaired) electrons. The van der Waals surface area contributed by atoms with E-state index in [1.807, 2.05) is 43.2 Å². The second-order valence-corrected chi connectivity index (χ2v) is 15.5. The SMILES string of the molecule is O=C(O)CCCCC(S)CCSSCCC(CCCCC(=O)O)SSC(CCS)CCCCC(=O)O. The van der Waals surface area contributed by atoms with Crippen LogP contribution in [0.25, 0.3) is 0 Å². The van der Waals surface area contributed by atoms with E-state index >= 15 is 0 Å². The van der Waals surface area contributed by atoms with Crippen LogP contribution in [0.3, 0.4) is 0 Å². The highest BCUT2D eigenvalue weighted by Gasteiger charge is 2.16. The Hall–Kier alpha value is 0.510. The fourth-order valence-electron chi connectivity index (χ4n) is 3.36. The van der Waals surface area contributed by atoms with E-state index in [0.29, 0.717) is 28.6 Å². The average Bonchev–Trinajstić information content (AvgIpc) is 2.81. The van der Waals surface area contributed by atoms with Crippen LogP contribution in [0.5, 0.6) is 0 Å². The lowest BCUT2D eigenvalue weighted by Gasteiger charge is -2.20. The summed E-state index contributed by atoms with van der Waals surface area (Å²) in [4.78, 5) is 32.1. The zero-order valence-electron chi connectivity index (χ0n) is 21.1. The molecule has 0 fully saturated rings. The summed E-state index contributed by atoms with van der Waals surface area (Å²) >= 11 is 9.02. The summed E-state index contributed by atoms with van der Waals surface area (Å²) in [5.41, 5.74) is 0. The zero-order chi connectivity index (χ0) is 27.0. The first-order chi connectivity index (χ1) is 17.2. The van der Waals surface area contributed by atoms with Crippen molar-refractivity contribution < 1.29 is 29.7 Å². The van der Waals surface area contributed by atoms with E-state index in [1.165, 1.54) is 0 Å². The minimum Gasteiger partial charge on any atom is -0.481 e. The molecular weight excluding hydrogens is 577 g/mol. The predicted molar refractivity (Wildman–Crippen MR) is 166 cm³/mol. The van der Waals surface area contributed by atoms with Crippen molar-refractivity contribution in [3.05, 3.63) is 0 Å². The maximum atomic E-state index is 10.8. The summed E-state index contributed by atoms with van der Waals surface area (Å²) in [5.74, 6) is 0.692. The minimum atomic E-state index is -0.736. The number of thiol groups is 2. The number of carboxylic acid groups (broad SMARTS) is 3. The van der Waals surface area contributed by atoms with Crippen molar-refractivity contribution in [2.75, 3.05) is 17.3 Å². The van der Waals surface area contributed by atoms with Crippen LogP contribution in [-0.2, 0) is 14.4 Å². The average molecular weight is 621 g/mol. The lowest BCUT2D eigenvalue weighted by molar-refractivity contribution is -0.138. The molecule has 0 saturated heterocycles. The molecule has 6 nitrogen and oxygen atoms in total. The van der Waals surface area contributed by atoms with Crippen LogP contribution in [-0.4, -0.2) is 66.2 Å². The highest BCUT2D eigenvalue weighted by Crippen LogP contribution is 2.39. The van der Waals surface area contributed by atoms with Gasteiger partial charge in [-0.05, 0) is 63.5 Å². The van der Waals surface area contributed by atoms with Crippen LogP contribution >= 0.6 is 68.4 Å². The molecule has 0 bridgehead atoms. The van der Waals surface area contributed by atoms with Crippen molar-refractivity contribution in [2.24, 2.45) is 0 Å². The van der Waals surface area contributed by atoms with Gasteiger partial charge in [0.05, 0.1) is 0 Å². The molecule has 0 spiro atoms. The quantitative estimate of drug-likeness (QED) is 0.0354. The Morgan fingerprint density at radius 3 is 1.44 bits per heavy atom. The summed E-state index contributed by atoms with van der Waals surface area (Å²) in [6.07, 6.45) is 11.6. The predicted octanol–water partition coefficient (Wildman–Crippen LogP) is 7.82. The highest BCUT2D eigenvalue weighted by molar-refractivity contribution is 8.77. The van der Waals surface area contributed by atoms with Crippen LogP contribution < -0.4 is 0 Å². The smallest absolute Gasteiger partial charge is 0.303 e. The lowest BCUT2D eigenvalue weighted by atomic mass is 10.1. The van der Waals surface area contributed by atoms with Crippen LogP contribution in [0.4, 0.5) is 0 Å². The molecule has 0 aromatic rings. The first-order valence-corrected chi connectivity index (χ1v) is 18.7. The number of aliphatic carboxylic acids is 3. The van der Waals surface area contributed by atoms with Crippen LogP contribution in [0, 0.1) is 0 Å². The van der Waals surface area contributed by atoms with Gasteiger partial charge >= 0.3 is 17.9 Å². The van der Waals surface area contributed by atoms with E-state index < -0.39 is 17.9 Å². The highest BCUT2D eigenvalue weighted by atomic mass is 33.1. The van der Waals surface area contributed by atoms with Gasteiger partial charge in [-0.2, -0.15) is 25.3 Å². The molecule has 212 valence electrons. The Morgan fingerprint density at radius 2 is 1.00 bits per heavy atom. The van der Waals surface area contributed by atoms with Gasteiger partial charge in [0.25, 0.3) is 0 Å². The third-order valence-corrected chi connectivity index (χ3v) is 12.2. The van der Waals surface area contributed by atoms with Crippen molar-refractivity contribution in [2.45, 2.75) is 112 Å². The number of carboxylic acids is 3. The fourth-order valence-corrected chi connectivity index (χ4v) is 10.1. The molecule has 3 N–H and O–H groups in total. The maximum Gasteiger partial charge on any atom is 0.303 e. The second-order valence-electron chi connectivity index (χ2n) is 8.74. The van der Waals surface area contributed by atoms with Gasteiger partial charge in [-0.15, -0.1) is 0 Å². The van der Waals surface area contributed by atoms with E-state index in [-0.39, 0.29) is 19.3 Å². The number of hydrogen-bond acceptors (Lipinski definition) is 9. The largest absolute Gasteiger partial charge is 0.481 e. The van der Waals surface area contributed by atoms with E-state index in [4.69, 9.17) is 15.3 Å². The van der Waals surface area contributed by atoms with Crippen molar-refractivity contribution in [1.29, 1.82) is 0 Å². The van der Waals surface area contributed by atoms with Gasteiger partial charge in [0.2, 0.25) is 0 Å². The van der Waals surface area contributed by atoms with Crippen molar-refractivity contribution in [3.8, 4) is 0 Å². The van der Waals surface area contributed by atoms with Crippen molar-refractivity contribution >= 4 is 86.3 Å². The minimum absolute atomic E-state index is 0.224. The Balaban J connectivity index is 4.28. The van der Waals surface area contributed by atoms with Gasteiger partial charge in [-0.25, -0.2) is 0 Å². The first kappa shape index (κ1) is 36.5. The van der Waals surface area contributed by atoms with E-state index in [0.717, 1.165) is 81.5 Å². The first-order valence-electron chi connectivity index (χ1n) is 12.7. The van der Waals surface area contributed by atoms with Gasteiger partial charge in [0.1, 0.15) is 0 Å². The Kier molecular flexibility index (Phi) is 26.1. The molecule has 0 amide bonds. The third-order valence-electron chi connectivity index (χ3n) is 5.43. The van der Waals surface area contributed by atoms with Crippen LogP contribution in [0.15, 0.2) is 0 Å². The van der Waals surface area contributed by atoms with E-state index in [9.17, 15) is 14.4 Å². The molecule has 0 rings (SSSR count). The summed E-state index contributed by atoms with van der Waals surface area (Å²) in [5, 5.41) is 27.7. The summed E-state index contributed by atoms with van der Waals surface area (Å²) in [7, 11) is 7.57. The van der Waals surface area contributed by atoms with Crippen molar-refractivity contribution in [1.82, 2.24) is 0 Å². The topological polar surface area (TPSA) is 112 Å². The molecule has 0 aliphatic rings. The maximum absolute atomic E-state index is 10.8. The molecule has 0 saturated carbocycles. The molecule has 0 aliphatic heterocycles. The van der Waals surface area contributed by atoms with Gasteiger partial charge in [-0.1, -0.05) is 62.4 Å². The summed E-state index contributed by atoms with van der Waals surface area (Å²) < 4.78 is 0. The molecule has 12 heteroatoms. The van der Waals surface area contributed by atoms with Gasteiger partial charge in [0, 0.05) is 46.5 Å². The van der Waals surface area contributed by atoms with Gasteiger partial charge < -0.3 is 15.3 Å². The normalized spacial score (nSPS) is 13.8. The van der Waals surface area contributed by atoms with Crippen LogP contribution in [0.1, 0.15) is 96.3 Å². The number of hydrogen-bond donors (Lipinski definition) is 5. The molecule has 0 aromatic heterocycles. The monoisotopic (exact) mass is 620 g/mol.